The normalized spacial score (nSPS) is 21.6. The number of carbonyl (C=O) groups is 1. The SMILES string of the molecule is CCc1cc(SCC(=O)O)n(C2CCS(=O)(=O)C2)n1. The Kier molecular flexibility index (Phi) is 4.19. The first-order valence-electron chi connectivity index (χ1n) is 6.04. The van der Waals surface area contributed by atoms with Crippen LogP contribution in [0.2, 0.25) is 0 Å². The molecule has 1 aliphatic heterocycles. The van der Waals surface area contributed by atoms with Crippen molar-refractivity contribution in [3.05, 3.63) is 11.8 Å². The third kappa shape index (κ3) is 3.50. The van der Waals surface area contributed by atoms with Crippen LogP contribution in [0.3, 0.4) is 0 Å². The lowest BCUT2D eigenvalue weighted by atomic mass is 10.3. The number of sulfone groups is 1. The number of carboxylic acids is 1. The van der Waals surface area contributed by atoms with E-state index in [2.05, 4.69) is 5.10 Å². The average Bonchev–Trinajstić information content (AvgIpc) is 2.89. The summed E-state index contributed by atoms with van der Waals surface area (Å²) < 4.78 is 24.7. The summed E-state index contributed by atoms with van der Waals surface area (Å²) in [6.45, 7) is 1.96. The summed E-state index contributed by atoms with van der Waals surface area (Å²) >= 11 is 1.18. The molecule has 0 spiro atoms. The van der Waals surface area contributed by atoms with Gasteiger partial charge in [0.15, 0.2) is 9.84 Å². The number of rotatable bonds is 5. The van der Waals surface area contributed by atoms with Crippen LogP contribution in [0.5, 0.6) is 0 Å². The molecule has 1 fully saturated rings. The Hall–Kier alpha value is -1.02. The highest BCUT2D eigenvalue weighted by molar-refractivity contribution is 7.99. The molecule has 0 aromatic carbocycles. The minimum atomic E-state index is -2.98. The van der Waals surface area contributed by atoms with E-state index in [0.29, 0.717) is 6.42 Å². The maximum atomic E-state index is 11.5. The van der Waals surface area contributed by atoms with Gasteiger partial charge in [-0.25, -0.2) is 8.42 Å². The number of aromatic nitrogens is 2. The highest BCUT2D eigenvalue weighted by Gasteiger charge is 2.31. The van der Waals surface area contributed by atoms with Crippen LogP contribution in [0.15, 0.2) is 11.1 Å². The molecular weight excluding hydrogens is 288 g/mol. The number of hydrogen-bond donors (Lipinski definition) is 1. The quantitative estimate of drug-likeness (QED) is 0.816. The van der Waals surface area contributed by atoms with Gasteiger partial charge in [-0.05, 0) is 18.9 Å². The molecule has 0 radical (unpaired) electrons. The van der Waals surface area contributed by atoms with Crippen molar-refractivity contribution < 1.29 is 18.3 Å². The Morgan fingerprint density at radius 2 is 2.37 bits per heavy atom. The van der Waals surface area contributed by atoms with Crippen molar-refractivity contribution in [2.24, 2.45) is 0 Å². The largest absolute Gasteiger partial charge is 0.481 e. The maximum absolute atomic E-state index is 11.5. The Bertz CT molecular complexity index is 580. The Balaban J connectivity index is 2.23. The topological polar surface area (TPSA) is 89.3 Å². The molecule has 2 heterocycles. The highest BCUT2D eigenvalue weighted by Crippen LogP contribution is 2.29. The van der Waals surface area contributed by atoms with Crippen molar-refractivity contribution in [2.75, 3.05) is 17.3 Å². The minimum absolute atomic E-state index is 0.0473. The van der Waals surface area contributed by atoms with Crippen molar-refractivity contribution in [3.8, 4) is 0 Å². The van der Waals surface area contributed by atoms with E-state index in [1.165, 1.54) is 11.8 Å². The number of aryl methyl sites for hydroxylation is 1. The summed E-state index contributed by atoms with van der Waals surface area (Å²) in [4.78, 5) is 10.6. The van der Waals surface area contributed by atoms with Crippen LogP contribution in [0, 0.1) is 0 Å². The smallest absolute Gasteiger partial charge is 0.313 e. The van der Waals surface area contributed by atoms with Crippen LogP contribution in [0.25, 0.3) is 0 Å². The van der Waals surface area contributed by atoms with Gasteiger partial charge in [0.1, 0.15) is 0 Å². The summed E-state index contributed by atoms with van der Waals surface area (Å²) in [5.74, 6) is -0.663. The molecule has 106 valence electrons. The molecule has 1 saturated heterocycles. The van der Waals surface area contributed by atoms with Gasteiger partial charge in [-0.3, -0.25) is 9.48 Å². The van der Waals surface area contributed by atoms with Crippen LogP contribution in [-0.2, 0) is 21.1 Å². The first-order valence-corrected chi connectivity index (χ1v) is 8.85. The fraction of sp³-hybridized carbons (Fsp3) is 0.636. The Labute approximate surface area is 116 Å². The molecule has 2 rings (SSSR count). The van der Waals surface area contributed by atoms with Crippen molar-refractivity contribution >= 4 is 27.6 Å². The first-order chi connectivity index (χ1) is 8.91. The zero-order valence-corrected chi connectivity index (χ0v) is 12.2. The second-order valence-electron chi connectivity index (χ2n) is 4.51. The van der Waals surface area contributed by atoms with Crippen LogP contribution in [0.4, 0.5) is 0 Å². The molecule has 8 heteroatoms. The second kappa shape index (κ2) is 5.54. The van der Waals surface area contributed by atoms with E-state index in [1.54, 1.807) is 4.68 Å². The number of nitrogens with zero attached hydrogens (tertiary/aromatic N) is 2. The third-order valence-corrected chi connectivity index (χ3v) is 5.75. The van der Waals surface area contributed by atoms with E-state index in [4.69, 9.17) is 5.11 Å². The standard InChI is InChI=1S/C11H16N2O4S2/c1-2-8-5-10(18-6-11(14)15)13(12-8)9-3-4-19(16,17)7-9/h5,9H,2-4,6-7H2,1H3,(H,14,15). The van der Waals surface area contributed by atoms with E-state index < -0.39 is 15.8 Å². The Morgan fingerprint density at radius 1 is 1.63 bits per heavy atom. The molecule has 19 heavy (non-hydrogen) atoms. The second-order valence-corrected chi connectivity index (χ2v) is 7.74. The van der Waals surface area contributed by atoms with Gasteiger partial charge < -0.3 is 5.11 Å². The number of hydrogen-bond acceptors (Lipinski definition) is 5. The van der Waals surface area contributed by atoms with E-state index in [0.717, 1.165) is 17.1 Å². The van der Waals surface area contributed by atoms with Crippen LogP contribution in [-0.4, -0.2) is 46.5 Å². The fourth-order valence-corrected chi connectivity index (χ4v) is 4.58. The summed E-state index contributed by atoms with van der Waals surface area (Å²) in [7, 11) is -2.98. The van der Waals surface area contributed by atoms with Crippen molar-refractivity contribution in [2.45, 2.75) is 30.8 Å². The van der Waals surface area contributed by atoms with Crippen LogP contribution >= 0.6 is 11.8 Å². The van der Waals surface area contributed by atoms with Gasteiger partial charge in [-0.15, -0.1) is 0 Å². The molecule has 0 aliphatic carbocycles. The zero-order valence-electron chi connectivity index (χ0n) is 10.6. The predicted molar refractivity (Wildman–Crippen MR) is 72.3 cm³/mol. The van der Waals surface area contributed by atoms with E-state index in [1.807, 2.05) is 13.0 Å². The molecule has 1 unspecified atom stereocenters. The number of aliphatic carboxylic acids is 1. The first kappa shape index (κ1) is 14.4. The Morgan fingerprint density at radius 3 is 2.89 bits per heavy atom. The molecule has 1 aliphatic rings. The molecule has 1 aromatic rings. The highest BCUT2D eigenvalue weighted by atomic mass is 32.2. The van der Waals surface area contributed by atoms with Gasteiger partial charge in [-0.1, -0.05) is 18.7 Å². The summed E-state index contributed by atoms with van der Waals surface area (Å²) in [6, 6.07) is 1.68. The molecule has 1 N–H and O–H groups in total. The minimum Gasteiger partial charge on any atom is -0.481 e. The molecule has 0 saturated carbocycles. The molecular formula is C11H16N2O4S2. The summed E-state index contributed by atoms with van der Waals surface area (Å²) in [5.41, 5.74) is 0.859. The van der Waals surface area contributed by atoms with E-state index in [-0.39, 0.29) is 23.3 Å². The van der Waals surface area contributed by atoms with Gasteiger partial charge >= 0.3 is 5.97 Å². The van der Waals surface area contributed by atoms with Gasteiger partial charge in [0.05, 0.1) is 34.0 Å². The van der Waals surface area contributed by atoms with E-state index in [9.17, 15) is 13.2 Å². The lowest BCUT2D eigenvalue weighted by Crippen LogP contribution is -2.14. The van der Waals surface area contributed by atoms with Crippen LogP contribution < -0.4 is 0 Å². The average molecular weight is 304 g/mol. The number of carboxylic acid groups (broad SMARTS) is 1. The lowest BCUT2D eigenvalue weighted by molar-refractivity contribution is -0.133. The predicted octanol–water partition coefficient (Wildman–Crippen LogP) is 0.982. The maximum Gasteiger partial charge on any atom is 0.313 e. The molecule has 1 aromatic heterocycles. The molecule has 0 bridgehead atoms. The van der Waals surface area contributed by atoms with Crippen molar-refractivity contribution in [1.82, 2.24) is 9.78 Å². The van der Waals surface area contributed by atoms with Crippen molar-refractivity contribution in [3.63, 3.8) is 0 Å². The van der Waals surface area contributed by atoms with Gasteiger partial charge in [-0.2, -0.15) is 5.10 Å². The molecule has 1 atom stereocenters. The summed E-state index contributed by atoms with van der Waals surface area (Å²) in [5, 5.41) is 13.9. The fourth-order valence-electron chi connectivity index (χ4n) is 2.07. The lowest BCUT2D eigenvalue weighted by Gasteiger charge is -2.12. The monoisotopic (exact) mass is 304 g/mol. The van der Waals surface area contributed by atoms with Gasteiger partial charge in [0, 0.05) is 0 Å². The van der Waals surface area contributed by atoms with Gasteiger partial charge in [0.2, 0.25) is 0 Å². The van der Waals surface area contributed by atoms with Crippen LogP contribution in [0.1, 0.15) is 25.1 Å². The van der Waals surface area contributed by atoms with Gasteiger partial charge in [0.25, 0.3) is 0 Å². The molecule has 0 amide bonds. The van der Waals surface area contributed by atoms with E-state index >= 15 is 0 Å². The number of thioether (sulfide) groups is 1. The molecule has 6 nitrogen and oxygen atoms in total. The summed E-state index contributed by atoms with van der Waals surface area (Å²) in [6.07, 6.45) is 1.29. The van der Waals surface area contributed by atoms with Crippen molar-refractivity contribution in [1.29, 1.82) is 0 Å². The third-order valence-electron chi connectivity index (χ3n) is 3.01. The zero-order chi connectivity index (χ0) is 14.0.